The van der Waals surface area contributed by atoms with E-state index in [4.69, 9.17) is 21.1 Å². The average molecular weight is 467 g/mol. The van der Waals surface area contributed by atoms with Crippen molar-refractivity contribution >= 4 is 21.4 Å². The van der Waals surface area contributed by atoms with Crippen LogP contribution in [0.5, 0.6) is 11.5 Å². The summed E-state index contributed by atoms with van der Waals surface area (Å²) < 4.78 is 35.3. The first kappa shape index (κ1) is 25.5. The van der Waals surface area contributed by atoms with Gasteiger partial charge in [0.05, 0.1) is 24.7 Å². The molecule has 4 nitrogen and oxygen atoms in total. The van der Waals surface area contributed by atoms with Gasteiger partial charge < -0.3 is 9.47 Å². The van der Waals surface area contributed by atoms with E-state index in [0.29, 0.717) is 25.5 Å². The third-order valence-corrected chi connectivity index (χ3v) is 7.46. The topological polar surface area (TPSA) is 52.6 Å². The molecule has 0 N–H and O–H groups in total. The van der Waals surface area contributed by atoms with Gasteiger partial charge in [-0.2, -0.15) is 0 Å². The Balaban J connectivity index is 1.89. The van der Waals surface area contributed by atoms with Crippen LogP contribution in [-0.4, -0.2) is 39.0 Å². The number of hydrogen-bond donors (Lipinski definition) is 0. The molecule has 0 atom stereocenters. The highest BCUT2D eigenvalue weighted by molar-refractivity contribution is 7.91. The zero-order valence-electron chi connectivity index (χ0n) is 18.9. The van der Waals surface area contributed by atoms with E-state index in [1.54, 1.807) is 0 Å². The van der Waals surface area contributed by atoms with Crippen molar-refractivity contribution in [3.05, 3.63) is 59.7 Å². The summed E-state index contributed by atoms with van der Waals surface area (Å²) in [7, 11) is -2.96. The van der Waals surface area contributed by atoms with Crippen LogP contribution in [-0.2, 0) is 15.3 Å². The fraction of sp³-hybridized carbons (Fsp3) is 0.520. The van der Waals surface area contributed by atoms with Gasteiger partial charge in [-0.15, -0.1) is 11.6 Å². The van der Waals surface area contributed by atoms with Crippen molar-refractivity contribution in [2.75, 3.05) is 30.6 Å². The molecule has 0 aliphatic heterocycles. The maximum Gasteiger partial charge on any atom is 0.150 e. The number of benzene rings is 2. The summed E-state index contributed by atoms with van der Waals surface area (Å²) in [6, 6.07) is 16.2. The van der Waals surface area contributed by atoms with Gasteiger partial charge in [0.2, 0.25) is 0 Å². The second kappa shape index (κ2) is 12.4. The minimum absolute atomic E-state index is 0.166. The summed E-state index contributed by atoms with van der Waals surface area (Å²) in [5, 5.41) is 0. The summed E-state index contributed by atoms with van der Waals surface area (Å²) in [6.07, 6.45) is 2.96. The van der Waals surface area contributed by atoms with E-state index in [1.807, 2.05) is 31.2 Å². The maximum absolute atomic E-state index is 11.9. The fourth-order valence-electron chi connectivity index (χ4n) is 3.28. The molecule has 0 aromatic heterocycles. The molecule has 0 aliphatic rings. The van der Waals surface area contributed by atoms with E-state index >= 15 is 0 Å². The molecule has 0 amide bonds. The van der Waals surface area contributed by atoms with Crippen LogP contribution >= 0.6 is 11.6 Å². The van der Waals surface area contributed by atoms with Crippen LogP contribution < -0.4 is 9.47 Å². The molecule has 0 saturated heterocycles. The van der Waals surface area contributed by atoms with Crippen molar-refractivity contribution in [1.82, 2.24) is 0 Å². The quantitative estimate of drug-likeness (QED) is 0.253. The van der Waals surface area contributed by atoms with Gasteiger partial charge in [0.15, 0.2) is 0 Å². The Morgan fingerprint density at radius 3 is 1.68 bits per heavy atom. The van der Waals surface area contributed by atoms with E-state index < -0.39 is 9.84 Å². The molecule has 6 heteroatoms. The molecule has 2 aromatic carbocycles. The predicted molar refractivity (Wildman–Crippen MR) is 130 cm³/mol. The lowest BCUT2D eigenvalue weighted by Crippen LogP contribution is -2.18. The lowest BCUT2D eigenvalue weighted by atomic mass is 9.78. The van der Waals surface area contributed by atoms with Crippen LogP contribution in [0.2, 0.25) is 0 Å². The first-order valence-corrected chi connectivity index (χ1v) is 13.4. The molecule has 0 heterocycles. The van der Waals surface area contributed by atoms with Crippen molar-refractivity contribution in [1.29, 1.82) is 0 Å². The molecule has 2 rings (SSSR count). The first-order valence-electron chi connectivity index (χ1n) is 11.0. The summed E-state index contributed by atoms with van der Waals surface area (Å²) in [6.45, 7) is 7.40. The highest BCUT2D eigenvalue weighted by Crippen LogP contribution is 2.33. The summed E-state index contributed by atoms with van der Waals surface area (Å²) in [5.74, 6) is 2.67. The number of alkyl halides is 1. The highest BCUT2D eigenvalue weighted by atomic mass is 35.5. The molecule has 0 radical (unpaired) electrons. The molecule has 0 fully saturated rings. The Hall–Kier alpha value is -1.72. The van der Waals surface area contributed by atoms with Crippen molar-refractivity contribution in [2.24, 2.45) is 0 Å². The maximum atomic E-state index is 11.9. The summed E-state index contributed by atoms with van der Waals surface area (Å²) >= 11 is 5.69. The largest absolute Gasteiger partial charge is 0.494 e. The van der Waals surface area contributed by atoms with Crippen LogP contribution in [0.25, 0.3) is 0 Å². The minimum Gasteiger partial charge on any atom is -0.494 e. The number of hydrogen-bond acceptors (Lipinski definition) is 4. The van der Waals surface area contributed by atoms with Crippen LogP contribution in [0, 0.1) is 0 Å². The smallest absolute Gasteiger partial charge is 0.150 e. The Labute approximate surface area is 192 Å². The van der Waals surface area contributed by atoms with Gasteiger partial charge in [-0.3, -0.25) is 0 Å². The van der Waals surface area contributed by atoms with Gasteiger partial charge in [0, 0.05) is 11.3 Å². The van der Waals surface area contributed by atoms with Crippen molar-refractivity contribution < 1.29 is 17.9 Å². The summed E-state index contributed by atoms with van der Waals surface area (Å²) in [5.41, 5.74) is 2.21. The lowest BCUT2D eigenvalue weighted by Gasteiger charge is -2.26. The minimum atomic E-state index is -2.96. The van der Waals surface area contributed by atoms with E-state index in [2.05, 4.69) is 38.1 Å². The number of sulfone groups is 1. The highest BCUT2D eigenvalue weighted by Gasteiger charge is 2.23. The van der Waals surface area contributed by atoms with Crippen molar-refractivity contribution in [2.45, 2.75) is 51.9 Å². The molecule has 0 saturated carbocycles. The predicted octanol–water partition coefficient (Wildman–Crippen LogP) is 6.00. The Morgan fingerprint density at radius 2 is 1.23 bits per heavy atom. The zero-order chi connectivity index (χ0) is 22.7. The van der Waals surface area contributed by atoms with Crippen LogP contribution in [0.4, 0.5) is 0 Å². The molecule has 0 bridgehead atoms. The second-order valence-corrected chi connectivity index (χ2v) is 11.0. The van der Waals surface area contributed by atoms with E-state index in [9.17, 15) is 8.42 Å². The van der Waals surface area contributed by atoms with Gasteiger partial charge >= 0.3 is 0 Å². The van der Waals surface area contributed by atoms with Gasteiger partial charge in [-0.25, -0.2) is 8.42 Å². The van der Waals surface area contributed by atoms with E-state index in [1.165, 1.54) is 11.1 Å². The van der Waals surface area contributed by atoms with Gasteiger partial charge in [0.1, 0.15) is 21.3 Å². The normalized spacial score (nSPS) is 12.0. The van der Waals surface area contributed by atoms with Crippen LogP contribution in [0.1, 0.15) is 57.6 Å². The first-order chi connectivity index (χ1) is 14.8. The van der Waals surface area contributed by atoms with Gasteiger partial charge in [-0.1, -0.05) is 51.5 Å². The molecule has 2 aromatic rings. The number of unbranched alkanes of at least 4 members (excludes halogenated alkanes) is 1. The number of rotatable bonds is 14. The monoisotopic (exact) mass is 466 g/mol. The standard InChI is InChI=1S/C25H35ClO4S/c1-4-5-19-31(27,28)20-7-18-30-24-14-10-22(11-15-24)25(2,3)21-8-12-23(13-9-21)29-17-6-16-26/h8-15H,4-7,16-20H2,1-3H3. The number of halogens is 1. The van der Waals surface area contributed by atoms with Gasteiger partial charge in [0.25, 0.3) is 0 Å². The Kier molecular flexibility index (Phi) is 10.2. The second-order valence-electron chi connectivity index (χ2n) is 8.27. The Morgan fingerprint density at radius 1 is 0.774 bits per heavy atom. The van der Waals surface area contributed by atoms with Crippen LogP contribution in [0.15, 0.2) is 48.5 Å². The molecular weight excluding hydrogens is 432 g/mol. The molecule has 0 unspecified atom stereocenters. The molecule has 172 valence electrons. The van der Waals surface area contributed by atoms with Crippen molar-refractivity contribution in [3.63, 3.8) is 0 Å². The fourth-order valence-corrected chi connectivity index (χ4v) is 4.88. The lowest BCUT2D eigenvalue weighted by molar-refractivity contribution is 0.317. The average Bonchev–Trinajstić information content (AvgIpc) is 2.76. The van der Waals surface area contributed by atoms with Crippen molar-refractivity contribution in [3.8, 4) is 11.5 Å². The molecule has 0 spiro atoms. The zero-order valence-corrected chi connectivity index (χ0v) is 20.5. The summed E-state index contributed by atoms with van der Waals surface area (Å²) in [4.78, 5) is 0. The molecular formula is C25H35ClO4S. The SMILES string of the molecule is CCCCS(=O)(=O)CCCOc1ccc(C(C)(C)c2ccc(OCCCCl)cc2)cc1. The van der Waals surface area contributed by atoms with Gasteiger partial charge in [-0.05, 0) is 54.7 Å². The molecule has 0 aliphatic carbocycles. The van der Waals surface area contributed by atoms with E-state index in [-0.39, 0.29) is 16.9 Å². The third kappa shape index (κ3) is 8.38. The molecule has 31 heavy (non-hydrogen) atoms. The van der Waals surface area contributed by atoms with E-state index in [0.717, 1.165) is 30.8 Å². The Bertz CT molecular complexity index is 875. The third-order valence-electron chi connectivity index (χ3n) is 5.38. The van der Waals surface area contributed by atoms with Crippen LogP contribution in [0.3, 0.4) is 0 Å². The number of ether oxygens (including phenoxy) is 2.